The van der Waals surface area contributed by atoms with Gasteiger partial charge in [0, 0.05) is 6.42 Å². The van der Waals surface area contributed by atoms with Crippen molar-refractivity contribution in [1.29, 1.82) is 0 Å². The molecule has 0 atom stereocenters. The van der Waals surface area contributed by atoms with E-state index in [9.17, 15) is 0 Å². The van der Waals surface area contributed by atoms with Gasteiger partial charge in [-0.25, -0.2) is 0 Å². The fraction of sp³-hybridized carbons (Fsp3) is 0.846. The third-order valence-electron chi connectivity index (χ3n) is 2.33. The summed E-state index contributed by atoms with van der Waals surface area (Å²) in [5.41, 5.74) is 0. The van der Waals surface area contributed by atoms with Crippen molar-refractivity contribution < 1.29 is 0 Å². The van der Waals surface area contributed by atoms with Gasteiger partial charge in [0.1, 0.15) is 0 Å². The summed E-state index contributed by atoms with van der Waals surface area (Å²) in [6, 6.07) is 0. The van der Waals surface area contributed by atoms with E-state index in [0.29, 0.717) is 0 Å². The van der Waals surface area contributed by atoms with Crippen LogP contribution in [0.3, 0.4) is 0 Å². The third kappa shape index (κ3) is 11.6. The van der Waals surface area contributed by atoms with E-state index < -0.39 is 0 Å². The molecule has 76 valence electrons. The molecule has 0 unspecified atom stereocenters. The van der Waals surface area contributed by atoms with Crippen molar-refractivity contribution in [3.05, 3.63) is 0 Å². The van der Waals surface area contributed by atoms with Crippen molar-refractivity contribution in [2.24, 2.45) is 0 Å². The summed E-state index contributed by atoms with van der Waals surface area (Å²) in [6.07, 6.45) is 12.3. The molecule has 0 N–H and O–H groups in total. The van der Waals surface area contributed by atoms with Crippen LogP contribution < -0.4 is 0 Å². The lowest BCUT2D eigenvalue weighted by atomic mass is 10.1. The minimum absolute atomic E-state index is 1.10. The Morgan fingerprint density at radius 2 is 1.31 bits per heavy atom. The van der Waals surface area contributed by atoms with Crippen molar-refractivity contribution in [3.63, 3.8) is 0 Å². The van der Waals surface area contributed by atoms with Crippen molar-refractivity contribution in [2.45, 2.75) is 71.6 Å². The summed E-state index contributed by atoms with van der Waals surface area (Å²) in [5, 5.41) is 0. The average molecular weight is 180 g/mol. The maximum Gasteiger partial charge on any atom is 0.00885 e. The van der Waals surface area contributed by atoms with Crippen LogP contribution in [0.25, 0.3) is 0 Å². The highest BCUT2D eigenvalue weighted by atomic mass is 14.0. The topological polar surface area (TPSA) is 0 Å². The zero-order chi connectivity index (χ0) is 9.78. The van der Waals surface area contributed by atoms with E-state index in [1.54, 1.807) is 0 Å². The highest BCUT2D eigenvalue weighted by Gasteiger charge is 1.89. The first-order valence-electron chi connectivity index (χ1n) is 5.81. The minimum atomic E-state index is 1.10. The first kappa shape index (κ1) is 12.6. The molecule has 0 saturated heterocycles. The summed E-state index contributed by atoms with van der Waals surface area (Å²) in [6.45, 7) is 4.19. The second-order valence-corrected chi connectivity index (χ2v) is 3.65. The molecule has 0 radical (unpaired) electrons. The first-order chi connectivity index (χ1) is 6.41. The van der Waals surface area contributed by atoms with Crippen LogP contribution in [-0.2, 0) is 0 Å². The van der Waals surface area contributed by atoms with Crippen molar-refractivity contribution in [3.8, 4) is 11.8 Å². The molecule has 0 aromatic carbocycles. The quantitative estimate of drug-likeness (QED) is 0.380. The maximum atomic E-state index is 3.11. The van der Waals surface area contributed by atoms with Gasteiger partial charge in [-0.2, -0.15) is 0 Å². The van der Waals surface area contributed by atoms with Crippen LogP contribution in [0.5, 0.6) is 0 Å². The number of hydrogen-bond acceptors (Lipinski definition) is 0. The van der Waals surface area contributed by atoms with E-state index in [2.05, 4.69) is 18.8 Å². The van der Waals surface area contributed by atoms with Crippen LogP contribution in [0.4, 0.5) is 0 Å². The molecule has 0 aliphatic heterocycles. The van der Waals surface area contributed by atoms with Gasteiger partial charge in [0.15, 0.2) is 0 Å². The van der Waals surface area contributed by atoms with Crippen molar-refractivity contribution in [1.82, 2.24) is 0 Å². The lowest BCUT2D eigenvalue weighted by molar-refractivity contribution is 0.579. The molecule has 0 rings (SSSR count). The lowest BCUT2D eigenvalue weighted by Crippen LogP contribution is -1.79. The molecule has 0 heteroatoms. The Labute approximate surface area is 84.1 Å². The third-order valence-corrected chi connectivity index (χ3v) is 2.33. The van der Waals surface area contributed by atoms with E-state index >= 15 is 0 Å². The highest BCUT2D eigenvalue weighted by molar-refractivity contribution is 4.94. The first-order valence-corrected chi connectivity index (χ1v) is 5.81. The predicted molar refractivity (Wildman–Crippen MR) is 60.7 cm³/mol. The standard InChI is InChI=1S/C13H24/c1-3-5-7-9-11-13-12-10-8-6-4-2/h3,5,7-13H2,1-2H3. The second kappa shape index (κ2) is 11.6. The molecule has 13 heavy (non-hydrogen) atoms. The maximum absolute atomic E-state index is 3.11. The Morgan fingerprint density at radius 3 is 1.85 bits per heavy atom. The summed E-state index contributed by atoms with van der Waals surface area (Å²) in [4.78, 5) is 0. The van der Waals surface area contributed by atoms with Crippen LogP contribution in [0, 0.1) is 11.8 Å². The average Bonchev–Trinajstić information content (AvgIpc) is 2.16. The molecule has 0 aliphatic rings. The largest absolute Gasteiger partial charge is 0.107 e. The van der Waals surface area contributed by atoms with E-state index in [4.69, 9.17) is 0 Å². The van der Waals surface area contributed by atoms with Crippen molar-refractivity contribution >= 4 is 0 Å². The lowest BCUT2D eigenvalue weighted by Gasteiger charge is -1.98. The molecule has 0 aliphatic carbocycles. The number of hydrogen-bond donors (Lipinski definition) is 0. The van der Waals surface area contributed by atoms with E-state index in [1.807, 2.05) is 6.92 Å². The minimum Gasteiger partial charge on any atom is -0.107 e. The Balaban J connectivity index is 2.86. The highest BCUT2D eigenvalue weighted by Crippen LogP contribution is 2.08. The van der Waals surface area contributed by atoms with Gasteiger partial charge < -0.3 is 0 Å². The molecular weight excluding hydrogens is 156 g/mol. The van der Waals surface area contributed by atoms with Crippen molar-refractivity contribution in [2.75, 3.05) is 0 Å². The van der Waals surface area contributed by atoms with Crippen LogP contribution in [0.1, 0.15) is 71.6 Å². The van der Waals surface area contributed by atoms with Gasteiger partial charge in [0.25, 0.3) is 0 Å². The van der Waals surface area contributed by atoms with Crippen LogP contribution >= 0.6 is 0 Å². The fourth-order valence-corrected chi connectivity index (χ4v) is 1.47. The predicted octanol–water partition coefficient (Wildman–Crippen LogP) is 4.54. The SMILES string of the molecule is CC#CCCCCCCCCCC. The molecule has 0 saturated carbocycles. The molecular formula is C13H24. The molecule has 0 aromatic rings. The van der Waals surface area contributed by atoms with Gasteiger partial charge in [-0.05, 0) is 13.3 Å². The van der Waals surface area contributed by atoms with Gasteiger partial charge in [-0.3, -0.25) is 0 Å². The van der Waals surface area contributed by atoms with Gasteiger partial charge in [-0.15, -0.1) is 11.8 Å². The zero-order valence-corrected chi connectivity index (χ0v) is 9.36. The number of unbranched alkanes of at least 4 members (excludes halogenated alkanes) is 8. The summed E-state index contributed by atoms with van der Waals surface area (Å²) in [7, 11) is 0. The van der Waals surface area contributed by atoms with Gasteiger partial charge >= 0.3 is 0 Å². The number of rotatable bonds is 8. The zero-order valence-electron chi connectivity index (χ0n) is 9.36. The molecule has 0 aromatic heterocycles. The van der Waals surface area contributed by atoms with Crippen LogP contribution in [0.2, 0.25) is 0 Å². The van der Waals surface area contributed by atoms with E-state index in [0.717, 1.165) is 6.42 Å². The smallest absolute Gasteiger partial charge is 0.00885 e. The molecule has 0 spiro atoms. The monoisotopic (exact) mass is 180 g/mol. The summed E-state index contributed by atoms with van der Waals surface area (Å²) >= 11 is 0. The normalized spacial score (nSPS) is 9.38. The van der Waals surface area contributed by atoms with E-state index in [-0.39, 0.29) is 0 Å². The summed E-state index contributed by atoms with van der Waals surface area (Å²) < 4.78 is 0. The molecule has 0 nitrogen and oxygen atoms in total. The molecule has 0 heterocycles. The fourth-order valence-electron chi connectivity index (χ4n) is 1.47. The summed E-state index contributed by atoms with van der Waals surface area (Å²) in [5.74, 6) is 6.05. The Hall–Kier alpha value is -0.440. The second-order valence-electron chi connectivity index (χ2n) is 3.65. The molecule has 0 bridgehead atoms. The van der Waals surface area contributed by atoms with Crippen LogP contribution in [-0.4, -0.2) is 0 Å². The molecule has 0 fully saturated rings. The Bertz CT molecular complexity index is 136. The van der Waals surface area contributed by atoms with Crippen LogP contribution in [0.15, 0.2) is 0 Å². The molecule has 0 amide bonds. The van der Waals surface area contributed by atoms with Gasteiger partial charge in [-0.1, -0.05) is 51.9 Å². The van der Waals surface area contributed by atoms with E-state index in [1.165, 1.54) is 51.4 Å². The Kier molecular flexibility index (Phi) is 11.2. The van der Waals surface area contributed by atoms with Gasteiger partial charge in [0.2, 0.25) is 0 Å². The Morgan fingerprint density at radius 1 is 0.769 bits per heavy atom. The van der Waals surface area contributed by atoms with Gasteiger partial charge in [0.05, 0.1) is 0 Å².